The molecule has 0 spiro atoms. The zero-order chi connectivity index (χ0) is 49.7. The number of benzene rings is 6. The van der Waals surface area contributed by atoms with Crippen LogP contribution in [-0.2, 0) is 0 Å². The Morgan fingerprint density at radius 3 is 1.01 bits per heavy atom. The van der Waals surface area contributed by atoms with E-state index in [2.05, 4.69) is 24.3 Å². The Balaban J connectivity index is 0.000000258. The van der Waals surface area contributed by atoms with Crippen LogP contribution in [0.4, 0.5) is 17.1 Å². The molecule has 0 radical (unpaired) electrons. The SMILES string of the molecule is CCCOc1c(C#N)c(C#N)c(OCCC)c(Sc2ccccc2N)c1Sc1ccc(N)cc1.CCCOc1c(C#N)c(C#N)c(OCCC)c(Sc2ccccc2N)c1Sc1ccc(OC)cc1. The summed E-state index contributed by atoms with van der Waals surface area (Å²) >= 11 is 5.69. The molecule has 0 heterocycles. The van der Waals surface area contributed by atoms with Crippen LogP contribution in [0.15, 0.2) is 136 Å². The first-order valence-corrected chi connectivity index (χ1v) is 25.4. The molecule has 0 fully saturated rings. The molecule has 0 saturated heterocycles. The van der Waals surface area contributed by atoms with Gasteiger partial charge in [-0.25, -0.2) is 0 Å². The van der Waals surface area contributed by atoms with Crippen molar-refractivity contribution in [3.05, 3.63) is 119 Å². The summed E-state index contributed by atoms with van der Waals surface area (Å²) in [5.74, 6) is 2.25. The van der Waals surface area contributed by atoms with Crippen molar-refractivity contribution >= 4 is 64.1 Å². The highest BCUT2D eigenvalue weighted by molar-refractivity contribution is 8.03. The van der Waals surface area contributed by atoms with Crippen LogP contribution >= 0.6 is 47.0 Å². The van der Waals surface area contributed by atoms with Crippen molar-refractivity contribution in [2.24, 2.45) is 0 Å². The fourth-order valence-corrected chi connectivity index (χ4v) is 10.6. The van der Waals surface area contributed by atoms with E-state index in [0.717, 1.165) is 51.0 Å². The van der Waals surface area contributed by atoms with Gasteiger partial charge in [-0.05, 0) is 98.5 Å². The van der Waals surface area contributed by atoms with Gasteiger partial charge in [-0.3, -0.25) is 0 Å². The number of hydrogen-bond donors (Lipinski definition) is 3. The van der Waals surface area contributed by atoms with Crippen molar-refractivity contribution in [1.82, 2.24) is 0 Å². The van der Waals surface area contributed by atoms with E-state index in [1.165, 1.54) is 47.0 Å². The van der Waals surface area contributed by atoms with Crippen molar-refractivity contribution in [1.29, 1.82) is 21.0 Å². The van der Waals surface area contributed by atoms with Crippen LogP contribution in [0.5, 0.6) is 28.7 Å². The maximum atomic E-state index is 10.1. The number of ether oxygens (including phenoxy) is 5. The van der Waals surface area contributed by atoms with E-state index in [9.17, 15) is 21.0 Å². The zero-order valence-electron chi connectivity index (χ0n) is 39.1. The third kappa shape index (κ3) is 13.6. The molecule has 0 amide bonds. The molecule has 16 heteroatoms. The summed E-state index contributed by atoms with van der Waals surface area (Å²) in [6.07, 6.45) is 3.00. The molecule has 6 N–H and O–H groups in total. The Morgan fingerprint density at radius 2 is 0.725 bits per heavy atom. The molecular weight excluding hydrogens is 943 g/mol. The molecule has 0 aromatic heterocycles. The van der Waals surface area contributed by atoms with E-state index in [1.54, 1.807) is 7.11 Å². The van der Waals surface area contributed by atoms with Crippen molar-refractivity contribution in [3.63, 3.8) is 0 Å². The second kappa shape index (κ2) is 27.2. The molecule has 0 aliphatic carbocycles. The van der Waals surface area contributed by atoms with Gasteiger partial charge >= 0.3 is 0 Å². The number of nitrogens with two attached hydrogens (primary N) is 3. The number of rotatable bonds is 21. The first kappa shape index (κ1) is 53.0. The minimum atomic E-state index is 0.167. The van der Waals surface area contributed by atoms with Gasteiger partial charge in [0.2, 0.25) is 0 Å². The molecule has 6 rings (SSSR count). The fourth-order valence-electron chi connectivity index (χ4n) is 6.27. The van der Waals surface area contributed by atoms with Crippen LogP contribution in [0, 0.1) is 45.3 Å². The van der Waals surface area contributed by atoms with Crippen LogP contribution in [0.25, 0.3) is 0 Å². The Labute approximate surface area is 422 Å². The number of nitriles is 4. The van der Waals surface area contributed by atoms with Crippen molar-refractivity contribution in [3.8, 4) is 53.0 Å². The third-order valence-corrected chi connectivity index (χ3v) is 14.4. The van der Waals surface area contributed by atoms with Crippen LogP contribution in [0.1, 0.15) is 75.6 Å². The molecule has 0 unspecified atom stereocenters. The summed E-state index contributed by atoms with van der Waals surface area (Å²) in [6, 6.07) is 38.9. The lowest BCUT2D eigenvalue weighted by Crippen LogP contribution is -2.07. The molecule has 354 valence electrons. The van der Waals surface area contributed by atoms with Gasteiger partial charge in [-0.2, -0.15) is 21.0 Å². The Hall–Kier alpha value is -6.92. The van der Waals surface area contributed by atoms with E-state index in [1.807, 2.05) is 125 Å². The van der Waals surface area contributed by atoms with Gasteiger partial charge in [0, 0.05) is 36.6 Å². The highest BCUT2D eigenvalue weighted by Gasteiger charge is 2.30. The molecule has 0 aliphatic rings. The van der Waals surface area contributed by atoms with E-state index in [-0.39, 0.29) is 22.3 Å². The molecule has 0 atom stereocenters. The molecule has 6 aromatic rings. The van der Waals surface area contributed by atoms with Crippen molar-refractivity contribution < 1.29 is 23.7 Å². The predicted molar refractivity (Wildman–Crippen MR) is 277 cm³/mol. The summed E-state index contributed by atoms with van der Waals surface area (Å²) in [5.41, 5.74) is 21.0. The van der Waals surface area contributed by atoms with E-state index < -0.39 is 0 Å². The lowest BCUT2D eigenvalue weighted by molar-refractivity contribution is 0.293. The van der Waals surface area contributed by atoms with Crippen LogP contribution in [0.3, 0.4) is 0 Å². The highest BCUT2D eigenvalue weighted by atomic mass is 32.2. The first-order chi connectivity index (χ1) is 33.6. The number of nitrogens with zero attached hydrogens (tertiary/aromatic N) is 4. The van der Waals surface area contributed by atoms with Crippen LogP contribution < -0.4 is 40.9 Å². The lowest BCUT2D eigenvalue weighted by atomic mass is 10.1. The second-order valence-electron chi connectivity index (χ2n) is 14.7. The third-order valence-electron chi connectivity index (χ3n) is 9.54. The number of methoxy groups -OCH3 is 1. The first-order valence-electron chi connectivity index (χ1n) is 22.1. The number of hydrogen-bond acceptors (Lipinski definition) is 16. The Morgan fingerprint density at radius 1 is 0.420 bits per heavy atom. The summed E-state index contributed by atoms with van der Waals surface area (Å²) in [4.78, 5) is 6.26. The van der Waals surface area contributed by atoms with E-state index >= 15 is 0 Å². The zero-order valence-corrected chi connectivity index (χ0v) is 42.4. The van der Waals surface area contributed by atoms with Gasteiger partial charge in [-0.15, -0.1) is 0 Å². The summed E-state index contributed by atoms with van der Waals surface area (Å²) in [6.45, 7) is 9.57. The van der Waals surface area contributed by atoms with Gasteiger partial charge < -0.3 is 40.9 Å². The maximum absolute atomic E-state index is 10.1. The quantitative estimate of drug-likeness (QED) is 0.0571. The topological polar surface area (TPSA) is 219 Å². The Bertz CT molecular complexity index is 2870. The van der Waals surface area contributed by atoms with Gasteiger partial charge in [0.25, 0.3) is 0 Å². The van der Waals surface area contributed by atoms with Gasteiger partial charge in [0.05, 0.1) is 53.1 Å². The van der Waals surface area contributed by atoms with Crippen LogP contribution in [-0.4, -0.2) is 33.5 Å². The van der Waals surface area contributed by atoms with Crippen LogP contribution in [0.2, 0.25) is 0 Å². The molecule has 0 saturated carbocycles. The van der Waals surface area contributed by atoms with Gasteiger partial charge in [0.1, 0.15) is 52.3 Å². The normalized spacial score (nSPS) is 10.3. The number of anilines is 3. The minimum Gasteiger partial charge on any atom is -0.497 e. The number of nitrogen functional groups attached to an aromatic ring is 3. The standard InChI is InChI=1S/C27H27N3O3S2.C26H26N4O2S2/c1-4-14-32-24-20(16-28)21(17-29)25(33-15-5-2)27(35-23-9-7-6-8-22(23)30)26(24)34-19-12-10-18(31-3)11-13-19;1-3-13-31-23-19(15-27)20(16-28)24(32-14-4-2)26(34-22-8-6-5-7-21(22)30)25(23)33-18-11-9-17(29)10-12-18/h6-13H,4-5,14-15,30H2,1-3H3;5-12H,3-4,13-14,29-30H2,1-2H3. The molecule has 12 nitrogen and oxygen atoms in total. The fraction of sp³-hybridized carbons (Fsp3) is 0.245. The lowest BCUT2D eigenvalue weighted by Gasteiger charge is -2.22. The average molecular weight is 996 g/mol. The Kier molecular flexibility index (Phi) is 20.9. The summed E-state index contributed by atoms with van der Waals surface area (Å²) in [7, 11) is 1.62. The number of para-hydroxylation sites is 2. The second-order valence-corrected chi connectivity index (χ2v) is 19.0. The average Bonchev–Trinajstić information content (AvgIpc) is 3.37. The predicted octanol–water partition coefficient (Wildman–Crippen LogP) is 13.4. The highest BCUT2D eigenvalue weighted by Crippen LogP contribution is 2.54. The van der Waals surface area contributed by atoms with Gasteiger partial charge in [-0.1, -0.05) is 99.0 Å². The minimum absolute atomic E-state index is 0.167. The molecule has 0 aliphatic heterocycles. The van der Waals surface area contributed by atoms with E-state index in [0.29, 0.717) is 86.1 Å². The van der Waals surface area contributed by atoms with Crippen molar-refractivity contribution in [2.45, 2.75) is 92.5 Å². The molecule has 69 heavy (non-hydrogen) atoms. The van der Waals surface area contributed by atoms with E-state index in [4.69, 9.17) is 40.9 Å². The maximum Gasteiger partial charge on any atom is 0.153 e. The summed E-state index contributed by atoms with van der Waals surface area (Å²) in [5, 5.41) is 40.2. The smallest absolute Gasteiger partial charge is 0.153 e. The van der Waals surface area contributed by atoms with Gasteiger partial charge in [0.15, 0.2) is 23.0 Å². The summed E-state index contributed by atoms with van der Waals surface area (Å²) < 4.78 is 29.7. The molecule has 0 bridgehead atoms. The molecular formula is C53H53N7O5S4. The monoisotopic (exact) mass is 995 g/mol. The molecule has 6 aromatic carbocycles. The largest absolute Gasteiger partial charge is 0.497 e. The van der Waals surface area contributed by atoms with Crippen molar-refractivity contribution in [2.75, 3.05) is 50.7 Å².